The molecule has 1 aliphatic rings. The summed E-state index contributed by atoms with van der Waals surface area (Å²) in [6, 6.07) is 1.65. The van der Waals surface area contributed by atoms with E-state index in [4.69, 9.17) is 4.74 Å². The molecule has 1 fully saturated rings. The smallest absolute Gasteiger partial charge is 0.272 e. The predicted octanol–water partition coefficient (Wildman–Crippen LogP) is 1.54. The molecule has 2 heterocycles. The molecule has 1 amide bonds. The summed E-state index contributed by atoms with van der Waals surface area (Å²) >= 11 is 0. The summed E-state index contributed by atoms with van der Waals surface area (Å²) < 4.78 is 4.96. The van der Waals surface area contributed by atoms with Crippen molar-refractivity contribution in [3.05, 3.63) is 11.8 Å². The van der Waals surface area contributed by atoms with Gasteiger partial charge in [-0.25, -0.2) is 0 Å². The Labute approximate surface area is 101 Å². The van der Waals surface area contributed by atoms with Crippen LogP contribution >= 0.6 is 0 Å². The van der Waals surface area contributed by atoms with Gasteiger partial charge < -0.3 is 9.64 Å². The highest BCUT2D eigenvalue weighted by Gasteiger charge is 2.27. The number of piperidine rings is 1. The molecule has 0 radical (unpaired) electrons. The van der Waals surface area contributed by atoms with Gasteiger partial charge in [-0.2, -0.15) is 0 Å². The van der Waals surface area contributed by atoms with Crippen LogP contribution in [0.1, 0.15) is 30.8 Å². The maximum atomic E-state index is 12.2. The van der Waals surface area contributed by atoms with Gasteiger partial charge in [-0.05, 0) is 18.3 Å². The molecule has 0 saturated carbocycles. The van der Waals surface area contributed by atoms with E-state index >= 15 is 0 Å². The van der Waals surface area contributed by atoms with Crippen LogP contribution in [0.4, 0.5) is 0 Å². The Balaban J connectivity index is 2.08. The fourth-order valence-electron chi connectivity index (χ4n) is 2.52. The number of nitrogens with one attached hydrogen (secondary N) is 1. The van der Waals surface area contributed by atoms with Crippen LogP contribution in [0.5, 0.6) is 5.88 Å². The standard InChI is InChI=1S/C12H19N3O2/c1-8-4-9(2)7-15(6-8)12(16)10-5-11(17-3)14-13-10/h5,8-9H,4,6-7H2,1-3H3,(H,13,14). The number of aromatic amines is 1. The molecule has 1 aromatic rings. The number of carbonyl (C=O) groups is 1. The first-order valence-electron chi connectivity index (χ1n) is 5.98. The number of rotatable bonds is 2. The molecule has 1 aliphatic heterocycles. The Morgan fingerprint density at radius 3 is 2.65 bits per heavy atom. The van der Waals surface area contributed by atoms with Crippen LogP contribution in [0.25, 0.3) is 0 Å². The summed E-state index contributed by atoms with van der Waals surface area (Å²) in [5.41, 5.74) is 0.503. The molecule has 1 saturated heterocycles. The predicted molar refractivity (Wildman–Crippen MR) is 64.0 cm³/mol. The van der Waals surface area contributed by atoms with Crippen molar-refractivity contribution in [3.8, 4) is 5.88 Å². The van der Waals surface area contributed by atoms with Gasteiger partial charge in [0.1, 0.15) is 5.69 Å². The summed E-state index contributed by atoms with van der Waals surface area (Å²) in [4.78, 5) is 14.1. The number of methoxy groups -OCH3 is 1. The minimum Gasteiger partial charge on any atom is -0.480 e. The number of hydrogen-bond donors (Lipinski definition) is 1. The summed E-state index contributed by atoms with van der Waals surface area (Å²) in [7, 11) is 1.54. The van der Waals surface area contributed by atoms with E-state index in [1.54, 1.807) is 6.07 Å². The first-order chi connectivity index (χ1) is 8.10. The largest absolute Gasteiger partial charge is 0.480 e. The van der Waals surface area contributed by atoms with Gasteiger partial charge in [0.2, 0.25) is 5.88 Å². The van der Waals surface area contributed by atoms with Crippen LogP contribution in [0.3, 0.4) is 0 Å². The van der Waals surface area contributed by atoms with Gasteiger partial charge in [0.25, 0.3) is 5.91 Å². The lowest BCUT2D eigenvalue weighted by atomic mass is 9.92. The van der Waals surface area contributed by atoms with E-state index in [9.17, 15) is 4.79 Å². The number of hydrogen-bond acceptors (Lipinski definition) is 3. The molecule has 0 bridgehead atoms. The summed E-state index contributed by atoms with van der Waals surface area (Å²) in [6.45, 7) is 6.02. The minimum atomic E-state index is 0.0131. The highest BCUT2D eigenvalue weighted by Crippen LogP contribution is 2.22. The molecule has 1 N–H and O–H groups in total. The molecule has 2 unspecified atom stereocenters. The van der Waals surface area contributed by atoms with Gasteiger partial charge >= 0.3 is 0 Å². The topological polar surface area (TPSA) is 58.2 Å². The van der Waals surface area contributed by atoms with Gasteiger partial charge in [-0.3, -0.25) is 9.89 Å². The Kier molecular flexibility index (Phi) is 3.36. The van der Waals surface area contributed by atoms with Gasteiger partial charge in [0, 0.05) is 19.2 Å². The fraction of sp³-hybridized carbons (Fsp3) is 0.667. The summed E-state index contributed by atoms with van der Waals surface area (Å²) in [6.07, 6.45) is 1.19. The van der Waals surface area contributed by atoms with Gasteiger partial charge in [0.15, 0.2) is 0 Å². The molecule has 5 nitrogen and oxygen atoms in total. The molecule has 0 aromatic carbocycles. The van der Waals surface area contributed by atoms with Crippen molar-refractivity contribution in [2.45, 2.75) is 20.3 Å². The number of carbonyl (C=O) groups excluding carboxylic acids is 1. The first kappa shape index (κ1) is 12.0. The van der Waals surface area contributed by atoms with Crippen molar-refractivity contribution < 1.29 is 9.53 Å². The second kappa shape index (κ2) is 4.77. The number of ether oxygens (including phenoxy) is 1. The average Bonchev–Trinajstić information content (AvgIpc) is 2.75. The van der Waals surface area contributed by atoms with E-state index in [0.717, 1.165) is 13.1 Å². The van der Waals surface area contributed by atoms with Crippen molar-refractivity contribution in [2.24, 2.45) is 11.8 Å². The number of amides is 1. The van der Waals surface area contributed by atoms with Crippen LogP contribution in [-0.2, 0) is 0 Å². The van der Waals surface area contributed by atoms with E-state index in [0.29, 0.717) is 23.4 Å². The maximum Gasteiger partial charge on any atom is 0.272 e. The number of H-pyrrole nitrogens is 1. The molecule has 0 aliphatic carbocycles. The minimum absolute atomic E-state index is 0.0131. The Morgan fingerprint density at radius 2 is 2.12 bits per heavy atom. The quantitative estimate of drug-likeness (QED) is 0.848. The lowest BCUT2D eigenvalue weighted by Gasteiger charge is -2.34. The van der Waals surface area contributed by atoms with Crippen molar-refractivity contribution in [1.82, 2.24) is 15.1 Å². The second-order valence-corrected chi connectivity index (χ2v) is 4.98. The zero-order valence-corrected chi connectivity index (χ0v) is 10.6. The van der Waals surface area contributed by atoms with E-state index in [1.165, 1.54) is 13.5 Å². The van der Waals surface area contributed by atoms with Crippen LogP contribution < -0.4 is 4.74 Å². The monoisotopic (exact) mass is 237 g/mol. The zero-order chi connectivity index (χ0) is 12.4. The Bertz CT molecular complexity index is 392. The SMILES string of the molecule is COc1cc(C(=O)N2CC(C)CC(C)C2)[nH]n1. The van der Waals surface area contributed by atoms with Crippen molar-refractivity contribution in [1.29, 1.82) is 0 Å². The van der Waals surface area contributed by atoms with E-state index in [2.05, 4.69) is 24.0 Å². The Hall–Kier alpha value is -1.52. The molecule has 94 valence electrons. The maximum absolute atomic E-state index is 12.2. The summed E-state index contributed by atoms with van der Waals surface area (Å²) in [5.74, 6) is 1.59. The van der Waals surface area contributed by atoms with Crippen LogP contribution in [-0.4, -0.2) is 41.2 Å². The molecule has 5 heteroatoms. The first-order valence-corrected chi connectivity index (χ1v) is 5.98. The van der Waals surface area contributed by atoms with Gasteiger partial charge in [-0.1, -0.05) is 13.8 Å². The van der Waals surface area contributed by atoms with Crippen LogP contribution in [0.2, 0.25) is 0 Å². The average molecular weight is 237 g/mol. The van der Waals surface area contributed by atoms with Crippen LogP contribution in [0, 0.1) is 11.8 Å². The van der Waals surface area contributed by atoms with Gasteiger partial charge in [-0.15, -0.1) is 5.10 Å². The Morgan fingerprint density at radius 1 is 1.47 bits per heavy atom. The molecule has 2 rings (SSSR count). The number of nitrogens with zero attached hydrogens (tertiary/aromatic N) is 2. The number of aromatic nitrogens is 2. The van der Waals surface area contributed by atoms with E-state index in [-0.39, 0.29) is 5.91 Å². The van der Waals surface area contributed by atoms with Crippen molar-refractivity contribution in [3.63, 3.8) is 0 Å². The second-order valence-electron chi connectivity index (χ2n) is 4.98. The zero-order valence-electron chi connectivity index (χ0n) is 10.6. The van der Waals surface area contributed by atoms with Crippen molar-refractivity contribution >= 4 is 5.91 Å². The summed E-state index contributed by atoms with van der Waals surface area (Å²) in [5, 5.41) is 6.61. The molecular formula is C12H19N3O2. The third-order valence-corrected chi connectivity index (χ3v) is 3.15. The molecule has 17 heavy (non-hydrogen) atoms. The lowest BCUT2D eigenvalue weighted by Crippen LogP contribution is -2.42. The third-order valence-electron chi connectivity index (χ3n) is 3.15. The molecule has 1 aromatic heterocycles. The number of likely N-dealkylation sites (tertiary alicyclic amines) is 1. The van der Waals surface area contributed by atoms with Crippen LogP contribution in [0.15, 0.2) is 6.07 Å². The fourth-order valence-corrected chi connectivity index (χ4v) is 2.52. The molecular weight excluding hydrogens is 218 g/mol. The van der Waals surface area contributed by atoms with Gasteiger partial charge in [0.05, 0.1) is 7.11 Å². The molecule has 2 atom stereocenters. The highest BCUT2D eigenvalue weighted by atomic mass is 16.5. The molecule has 0 spiro atoms. The lowest BCUT2D eigenvalue weighted by molar-refractivity contribution is 0.0617. The van der Waals surface area contributed by atoms with E-state index in [1.807, 2.05) is 4.90 Å². The third kappa shape index (κ3) is 2.60. The normalized spacial score (nSPS) is 24.8. The van der Waals surface area contributed by atoms with E-state index < -0.39 is 0 Å². The van der Waals surface area contributed by atoms with Crippen molar-refractivity contribution in [2.75, 3.05) is 20.2 Å². The highest BCUT2D eigenvalue weighted by molar-refractivity contribution is 5.92.